The maximum atomic E-state index is 13.6. The van der Waals surface area contributed by atoms with Crippen LogP contribution in [0.2, 0.25) is 0 Å². The molecule has 0 unspecified atom stereocenters. The highest BCUT2D eigenvalue weighted by molar-refractivity contribution is 6.04. The Balaban J connectivity index is 1.11. The lowest BCUT2D eigenvalue weighted by Crippen LogP contribution is -2.33. The van der Waals surface area contributed by atoms with E-state index in [-0.39, 0.29) is 23.9 Å². The van der Waals surface area contributed by atoms with Crippen LogP contribution in [0.5, 0.6) is 23.0 Å². The molecule has 0 aliphatic carbocycles. The van der Waals surface area contributed by atoms with E-state index >= 15 is 0 Å². The van der Waals surface area contributed by atoms with Crippen LogP contribution in [-0.4, -0.2) is 67.3 Å². The summed E-state index contributed by atoms with van der Waals surface area (Å²) in [6.45, 7) is 4.66. The molecule has 4 aliphatic heterocycles. The minimum absolute atomic E-state index is 0.0188. The van der Waals surface area contributed by atoms with Gasteiger partial charge in [0.1, 0.15) is 0 Å². The van der Waals surface area contributed by atoms with Crippen LogP contribution in [0.3, 0.4) is 0 Å². The predicted octanol–water partition coefficient (Wildman–Crippen LogP) is 6.73. The van der Waals surface area contributed by atoms with E-state index in [1.54, 1.807) is 42.2 Å². The molecular weight excluding hydrogens is 582 g/mol. The fraction of sp³-hybridized carbons (Fsp3) is 0.324. The predicted molar refractivity (Wildman–Crippen MR) is 178 cm³/mol. The van der Waals surface area contributed by atoms with E-state index in [1.807, 2.05) is 62.8 Å². The molecule has 2 aromatic carbocycles. The van der Waals surface area contributed by atoms with E-state index < -0.39 is 0 Å². The molecule has 0 aromatic heterocycles. The van der Waals surface area contributed by atoms with Crippen LogP contribution < -0.4 is 18.9 Å². The Morgan fingerprint density at radius 2 is 1.37 bits per heavy atom. The van der Waals surface area contributed by atoms with Gasteiger partial charge < -0.3 is 28.7 Å². The molecule has 9 nitrogen and oxygen atoms in total. The molecule has 0 saturated heterocycles. The van der Waals surface area contributed by atoms with Crippen LogP contribution in [0.1, 0.15) is 59.4 Å². The van der Waals surface area contributed by atoms with Crippen molar-refractivity contribution < 1.29 is 28.5 Å². The summed E-state index contributed by atoms with van der Waals surface area (Å²) in [7, 11) is 3.13. The Bertz CT molecular complexity index is 1720. The SMILES string of the molecule is C/C=C/C1=CN2C(=O)c3cc(OC)c(OCCCOc4cc5c(cc4OC)C(=O)N4C=C(/C=C/C)C[C@H]4/C=C/C5)cc3N=C[C@@H]2C1. The second-order valence-corrected chi connectivity index (χ2v) is 11.5. The van der Waals surface area contributed by atoms with Gasteiger partial charge >= 0.3 is 0 Å². The topological polar surface area (TPSA) is 89.9 Å². The summed E-state index contributed by atoms with van der Waals surface area (Å²) in [6, 6.07) is 7.04. The van der Waals surface area contributed by atoms with Gasteiger partial charge in [0.25, 0.3) is 11.8 Å². The van der Waals surface area contributed by atoms with Gasteiger partial charge in [-0.15, -0.1) is 0 Å². The van der Waals surface area contributed by atoms with Crippen molar-refractivity contribution in [1.29, 1.82) is 0 Å². The first-order valence-corrected chi connectivity index (χ1v) is 15.7. The fourth-order valence-corrected chi connectivity index (χ4v) is 6.25. The smallest absolute Gasteiger partial charge is 0.260 e. The number of fused-ring (bicyclic) bond motifs is 4. The van der Waals surface area contributed by atoms with E-state index in [0.29, 0.717) is 65.9 Å². The number of methoxy groups -OCH3 is 2. The summed E-state index contributed by atoms with van der Waals surface area (Å²) in [5, 5.41) is 0. The summed E-state index contributed by atoms with van der Waals surface area (Å²) in [6.07, 6.45) is 20.6. The average molecular weight is 622 g/mol. The number of carbonyl (C=O) groups is 2. The van der Waals surface area contributed by atoms with Crippen molar-refractivity contribution >= 4 is 23.7 Å². The maximum absolute atomic E-state index is 13.6. The lowest BCUT2D eigenvalue weighted by molar-refractivity contribution is 0.0800. The second kappa shape index (κ2) is 13.5. The van der Waals surface area contributed by atoms with Gasteiger partial charge in [0.05, 0.1) is 50.8 Å². The summed E-state index contributed by atoms with van der Waals surface area (Å²) >= 11 is 0. The quantitative estimate of drug-likeness (QED) is 0.216. The standard InChI is InChI=1S/C37H39N3O6/c1-5-9-24-15-27-12-7-11-26-17-34(32(43-3)18-29(26)36(41)39(27)22-24)45-13-8-14-46-35-20-31-30(19-33(35)44-4)37(42)40-23-25(10-6-2)16-28(40)21-38-31/h5-7,9-10,12,17-23,27-28H,8,11,13-16H2,1-4H3/b9-5+,10-6+,12-7+/t27-,28+/m1/s1. The average Bonchev–Trinajstić information content (AvgIpc) is 3.63. The van der Waals surface area contributed by atoms with Crippen LogP contribution in [0.4, 0.5) is 5.69 Å². The van der Waals surface area contributed by atoms with Gasteiger partial charge in [0.15, 0.2) is 23.0 Å². The van der Waals surface area contributed by atoms with Gasteiger partial charge in [-0.3, -0.25) is 14.6 Å². The van der Waals surface area contributed by atoms with Crippen molar-refractivity contribution in [2.45, 2.75) is 51.6 Å². The number of nitrogens with zero attached hydrogens (tertiary/aromatic N) is 3. The van der Waals surface area contributed by atoms with Gasteiger partial charge in [-0.05, 0) is 68.0 Å². The highest BCUT2D eigenvalue weighted by Gasteiger charge is 2.33. The molecule has 2 atom stereocenters. The van der Waals surface area contributed by atoms with Crippen molar-refractivity contribution in [3.63, 3.8) is 0 Å². The molecule has 2 aromatic rings. The number of hydrogen-bond donors (Lipinski definition) is 0. The zero-order valence-corrected chi connectivity index (χ0v) is 26.7. The van der Waals surface area contributed by atoms with Crippen LogP contribution in [0.15, 0.2) is 89.3 Å². The van der Waals surface area contributed by atoms with Crippen molar-refractivity contribution in [1.82, 2.24) is 9.80 Å². The zero-order valence-electron chi connectivity index (χ0n) is 26.7. The lowest BCUT2D eigenvalue weighted by Gasteiger charge is -2.25. The number of amides is 2. The molecule has 46 heavy (non-hydrogen) atoms. The largest absolute Gasteiger partial charge is 0.493 e. The monoisotopic (exact) mass is 621 g/mol. The molecule has 4 aliphatic rings. The van der Waals surface area contributed by atoms with Crippen LogP contribution in [-0.2, 0) is 6.42 Å². The molecule has 4 heterocycles. The molecule has 0 N–H and O–H groups in total. The summed E-state index contributed by atoms with van der Waals surface area (Å²) < 4.78 is 23.4. The number of carbonyl (C=O) groups excluding carboxylic acids is 2. The van der Waals surface area contributed by atoms with Gasteiger partial charge in [-0.2, -0.15) is 0 Å². The molecule has 238 valence electrons. The van der Waals surface area contributed by atoms with Crippen molar-refractivity contribution in [2.24, 2.45) is 4.99 Å². The number of aliphatic imine (C=N–C) groups is 1. The highest BCUT2D eigenvalue weighted by atomic mass is 16.5. The Kier molecular flexibility index (Phi) is 9.10. The van der Waals surface area contributed by atoms with E-state index in [4.69, 9.17) is 18.9 Å². The number of ether oxygens (including phenoxy) is 4. The first-order valence-electron chi connectivity index (χ1n) is 15.7. The minimum atomic E-state index is -0.118. The Hall–Kier alpha value is -5.05. The molecule has 0 saturated carbocycles. The third kappa shape index (κ3) is 6.09. The van der Waals surface area contributed by atoms with Gasteiger partial charge in [0.2, 0.25) is 0 Å². The summed E-state index contributed by atoms with van der Waals surface area (Å²) in [5.41, 5.74) is 4.74. The lowest BCUT2D eigenvalue weighted by atomic mass is 9.98. The molecular formula is C37H39N3O6. The Morgan fingerprint density at radius 1 is 0.783 bits per heavy atom. The normalized spacial score (nSPS) is 20.8. The van der Waals surface area contributed by atoms with Gasteiger partial charge in [-0.25, -0.2) is 0 Å². The second-order valence-electron chi connectivity index (χ2n) is 11.5. The van der Waals surface area contributed by atoms with E-state index in [0.717, 1.165) is 29.6 Å². The van der Waals surface area contributed by atoms with E-state index in [1.165, 1.54) is 0 Å². The zero-order chi connectivity index (χ0) is 32.2. The Labute approximate surface area is 269 Å². The number of benzene rings is 2. The highest BCUT2D eigenvalue weighted by Crippen LogP contribution is 2.39. The van der Waals surface area contributed by atoms with Gasteiger partial charge in [-0.1, -0.05) is 36.5 Å². The molecule has 0 bridgehead atoms. The van der Waals surface area contributed by atoms with E-state index in [9.17, 15) is 9.59 Å². The third-order valence-corrected chi connectivity index (χ3v) is 8.46. The van der Waals surface area contributed by atoms with Crippen molar-refractivity contribution in [2.75, 3.05) is 27.4 Å². The maximum Gasteiger partial charge on any atom is 0.260 e. The number of allylic oxidation sites excluding steroid dienone is 5. The van der Waals surface area contributed by atoms with Crippen LogP contribution in [0, 0.1) is 0 Å². The van der Waals surface area contributed by atoms with Crippen molar-refractivity contribution in [3.8, 4) is 23.0 Å². The van der Waals surface area contributed by atoms with E-state index in [2.05, 4.69) is 17.1 Å². The molecule has 0 radical (unpaired) electrons. The molecule has 6 rings (SSSR count). The molecule has 0 spiro atoms. The fourth-order valence-electron chi connectivity index (χ4n) is 6.25. The molecule has 2 amide bonds. The first kappa shape index (κ1) is 31.0. The minimum Gasteiger partial charge on any atom is -0.493 e. The Morgan fingerprint density at radius 3 is 2.02 bits per heavy atom. The molecule has 0 fully saturated rings. The summed E-state index contributed by atoms with van der Waals surface area (Å²) in [4.78, 5) is 35.1. The number of hydrogen-bond acceptors (Lipinski definition) is 7. The molecule has 9 heteroatoms. The van der Waals surface area contributed by atoms with Crippen LogP contribution >= 0.6 is 0 Å². The third-order valence-electron chi connectivity index (χ3n) is 8.46. The van der Waals surface area contributed by atoms with Gasteiger partial charge in [0, 0.05) is 36.7 Å². The number of rotatable bonds is 10. The first-order chi connectivity index (χ1) is 22.4. The van der Waals surface area contributed by atoms with Crippen molar-refractivity contribution in [3.05, 3.63) is 101 Å². The summed E-state index contributed by atoms with van der Waals surface area (Å²) in [5.74, 6) is 1.90. The van der Waals surface area contributed by atoms with Crippen LogP contribution in [0.25, 0.3) is 0 Å².